The minimum atomic E-state index is -0.695. The van der Waals surface area contributed by atoms with Gasteiger partial charge in [-0.3, -0.25) is 33.1 Å². The lowest BCUT2D eigenvalue weighted by Gasteiger charge is -2.39. The number of nitrogens with one attached hydrogen (secondary N) is 2. The van der Waals surface area contributed by atoms with Crippen molar-refractivity contribution in [1.82, 2.24) is 29.6 Å². The topological polar surface area (TPSA) is 161 Å². The summed E-state index contributed by atoms with van der Waals surface area (Å²) < 4.78 is 28.3. The van der Waals surface area contributed by atoms with Crippen molar-refractivity contribution in [2.75, 3.05) is 19.6 Å². The Hall–Kier alpha value is -6.09. The van der Waals surface area contributed by atoms with Crippen LogP contribution < -0.4 is 26.6 Å². The van der Waals surface area contributed by atoms with Crippen LogP contribution in [0.25, 0.3) is 0 Å². The van der Waals surface area contributed by atoms with Crippen LogP contribution in [0, 0.1) is 5.82 Å². The van der Waals surface area contributed by atoms with Gasteiger partial charge in [0.25, 0.3) is 23.3 Å². The van der Waals surface area contributed by atoms with Gasteiger partial charge in [-0.2, -0.15) is 0 Å². The van der Waals surface area contributed by atoms with Crippen molar-refractivity contribution in [1.29, 1.82) is 0 Å². The Morgan fingerprint density at radius 1 is 0.907 bits per heavy atom. The molecule has 1 aromatic heterocycles. The maximum atomic E-state index is 14.2. The molecule has 280 valence electrons. The van der Waals surface area contributed by atoms with Gasteiger partial charge in [0.2, 0.25) is 5.91 Å². The first-order valence-electron chi connectivity index (χ1n) is 17.7. The number of nitrogens with zero attached hydrogens (tertiary/aromatic N) is 4. The zero-order valence-corrected chi connectivity index (χ0v) is 29.7. The molecular weight excluding hydrogens is 699 g/mol. The standard InChI is InChI=1S/C39H39FN6O8/c1-43-32(18-35(48)44(2)39(43)52)38(51)45-12-11-33-31(20-45)42-34(47)21-46(28-9-10-28)37(50)26-15-25(36(49)41-19-23-5-3-7-27(40)13-23)16-30(17-26)54-29-8-4-6-24(14-29)22-53-33/h3-8,13-18,28,31,33H,9-12,19-22H2,1-2H3,(H,41,49)(H,42,47)/t31-,33+/m1/s1. The van der Waals surface area contributed by atoms with Crippen LogP contribution in [0.3, 0.4) is 0 Å². The number of piperidine rings is 1. The summed E-state index contributed by atoms with van der Waals surface area (Å²) in [6, 6.07) is 17.7. The van der Waals surface area contributed by atoms with E-state index in [9.17, 15) is 33.2 Å². The molecule has 15 heteroatoms. The van der Waals surface area contributed by atoms with Crippen LogP contribution in [0.15, 0.2) is 82.4 Å². The zero-order valence-electron chi connectivity index (χ0n) is 29.7. The number of rotatable bonds is 5. The van der Waals surface area contributed by atoms with E-state index in [4.69, 9.17) is 9.47 Å². The minimum absolute atomic E-state index is 0.0231. The summed E-state index contributed by atoms with van der Waals surface area (Å²) in [5.74, 6) is -1.76. The maximum Gasteiger partial charge on any atom is 0.331 e. The lowest BCUT2D eigenvalue weighted by Crippen LogP contribution is -2.59. The Balaban J connectivity index is 1.18. The third-order valence-electron chi connectivity index (χ3n) is 9.85. The second kappa shape index (κ2) is 15.1. The summed E-state index contributed by atoms with van der Waals surface area (Å²) in [6.07, 6.45) is 1.20. The second-order valence-corrected chi connectivity index (χ2v) is 13.8. The molecule has 1 saturated heterocycles. The molecule has 0 unspecified atom stereocenters. The van der Waals surface area contributed by atoms with E-state index in [1.165, 1.54) is 54.2 Å². The molecule has 2 atom stereocenters. The molecular formula is C39H39FN6O8. The van der Waals surface area contributed by atoms with Gasteiger partial charge in [-0.1, -0.05) is 24.3 Å². The van der Waals surface area contributed by atoms with Gasteiger partial charge in [-0.05, 0) is 72.9 Å². The smallest absolute Gasteiger partial charge is 0.331 e. The van der Waals surface area contributed by atoms with E-state index in [1.807, 2.05) is 6.07 Å². The predicted octanol–water partition coefficient (Wildman–Crippen LogP) is 2.48. The number of carbonyl (C=O) groups is 4. The number of amides is 4. The number of ether oxygens (including phenoxy) is 2. The quantitative estimate of drug-likeness (QED) is 0.316. The Morgan fingerprint density at radius 2 is 1.70 bits per heavy atom. The van der Waals surface area contributed by atoms with Gasteiger partial charge < -0.3 is 29.9 Å². The minimum Gasteiger partial charge on any atom is -0.457 e. The Kier molecular flexibility index (Phi) is 10.1. The summed E-state index contributed by atoms with van der Waals surface area (Å²) in [5.41, 5.74) is 0.254. The van der Waals surface area contributed by atoms with Crippen LogP contribution in [-0.2, 0) is 36.8 Å². The summed E-state index contributed by atoms with van der Waals surface area (Å²) in [4.78, 5) is 82.9. The molecule has 2 fully saturated rings. The number of likely N-dealkylation sites (tertiary alicyclic amines) is 1. The monoisotopic (exact) mass is 738 g/mol. The van der Waals surface area contributed by atoms with Gasteiger partial charge in [0.05, 0.1) is 18.8 Å². The second-order valence-electron chi connectivity index (χ2n) is 13.8. The first kappa shape index (κ1) is 36.3. The van der Waals surface area contributed by atoms with Crippen molar-refractivity contribution in [3.8, 4) is 11.5 Å². The van der Waals surface area contributed by atoms with Crippen molar-refractivity contribution >= 4 is 23.6 Å². The molecule has 2 aliphatic heterocycles. The van der Waals surface area contributed by atoms with E-state index in [-0.39, 0.29) is 61.4 Å². The highest BCUT2D eigenvalue weighted by molar-refractivity contribution is 6.01. The molecule has 1 aliphatic carbocycles. The van der Waals surface area contributed by atoms with Crippen molar-refractivity contribution < 1.29 is 33.0 Å². The van der Waals surface area contributed by atoms with Crippen LogP contribution in [0.2, 0.25) is 0 Å². The summed E-state index contributed by atoms with van der Waals surface area (Å²) >= 11 is 0. The van der Waals surface area contributed by atoms with Gasteiger partial charge in [0.1, 0.15) is 29.6 Å². The number of benzene rings is 3. The first-order valence-corrected chi connectivity index (χ1v) is 17.7. The third kappa shape index (κ3) is 7.95. The molecule has 0 radical (unpaired) electrons. The average molecular weight is 739 g/mol. The molecule has 54 heavy (non-hydrogen) atoms. The fourth-order valence-corrected chi connectivity index (χ4v) is 6.76. The van der Waals surface area contributed by atoms with Crippen molar-refractivity contribution in [3.05, 3.63) is 127 Å². The van der Waals surface area contributed by atoms with Crippen LogP contribution >= 0.6 is 0 Å². The largest absolute Gasteiger partial charge is 0.457 e. The summed E-state index contributed by atoms with van der Waals surface area (Å²) in [7, 11) is 2.75. The Morgan fingerprint density at radius 3 is 2.48 bits per heavy atom. The Labute approximate surface area is 309 Å². The molecule has 1 saturated carbocycles. The van der Waals surface area contributed by atoms with Gasteiger partial charge in [0.15, 0.2) is 0 Å². The SMILES string of the molecule is Cn1c(C(=O)N2CC[C@@H]3OCc4cccc(c4)Oc4cc(C(=O)NCc5cccc(F)c5)cc(c4)C(=O)N(C4CC4)CC(=O)N[C@@H]3C2)cc(=O)n(C)c1=O. The van der Waals surface area contributed by atoms with Gasteiger partial charge >= 0.3 is 5.69 Å². The lowest BCUT2D eigenvalue weighted by atomic mass is 10.0. The number of fused-ring (bicyclic) bond motifs is 5. The van der Waals surface area contributed by atoms with Crippen molar-refractivity contribution in [3.63, 3.8) is 0 Å². The molecule has 3 heterocycles. The normalized spacial score (nSPS) is 19.0. The number of hydrogen-bond acceptors (Lipinski definition) is 8. The maximum absolute atomic E-state index is 14.2. The average Bonchev–Trinajstić information content (AvgIpc) is 4.01. The molecule has 3 aliphatic rings. The number of halogens is 1. The van der Waals surface area contributed by atoms with Crippen LogP contribution in [0.4, 0.5) is 4.39 Å². The number of aromatic nitrogens is 2. The first-order chi connectivity index (χ1) is 25.9. The third-order valence-corrected chi connectivity index (χ3v) is 9.85. The summed E-state index contributed by atoms with van der Waals surface area (Å²) in [6.45, 7) is 0.159. The van der Waals surface area contributed by atoms with Gasteiger partial charge in [0, 0.05) is 57.0 Å². The summed E-state index contributed by atoms with van der Waals surface area (Å²) in [5, 5.41) is 5.76. The van der Waals surface area contributed by atoms with Crippen molar-refractivity contribution in [2.45, 2.75) is 50.6 Å². The zero-order chi connectivity index (χ0) is 38.1. The lowest BCUT2D eigenvalue weighted by molar-refractivity contribution is -0.125. The molecule has 14 nitrogen and oxygen atoms in total. The molecule has 0 spiro atoms. The van der Waals surface area contributed by atoms with E-state index < -0.39 is 52.8 Å². The van der Waals surface area contributed by atoms with E-state index in [1.54, 1.807) is 30.3 Å². The van der Waals surface area contributed by atoms with Crippen LogP contribution in [-0.4, -0.2) is 80.4 Å². The van der Waals surface area contributed by atoms with Crippen LogP contribution in [0.5, 0.6) is 11.5 Å². The molecule has 2 N–H and O–H groups in total. The molecule has 7 rings (SSSR count). The van der Waals surface area contributed by atoms with E-state index >= 15 is 0 Å². The van der Waals surface area contributed by atoms with Crippen LogP contribution in [0.1, 0.15) is 61.6 Å². The number of hydrogen-bond donors (Lipinski definition) is 2. The highest BCUT2D eigenvalue weighted by Gasteiger charge is 2.38. The van der Waals surface area contributed by atoms with Gasteiger partial charge in [-0.15, -0.1) is 0 Å². The molecule has 4 amide bonds. The fourth-order valence-electron chi connectivity index (χ4n) is 6.76. The highest BCUT2D eigenvalue weighted by atomic mass is 19.1. The highest BCUT2D eigenvalue weighted by Crippen LogP contribution is 2.31. The fraction of sp³-hybridized carbons (Fsp3) is 0.333. The molecule has 4 bridgehead atoms. The van der Waals surface area contributed by atoms with Gasteiger partial charge in [-0.25, -0.2) is 9.18 Å². The van der Waals surface area contributed by atoms with E-state index in [0.29, 0.717) is 30.6 Å². The Bertz CT molecular complexity index is 2270. The number of carbonyl (C=O) groups excluding carboxylic acids is 4. The van der Waals surface area contributed by atoms with E-state index in [0.717, 1.165) is 20.8 Å². The van der Waals surface area contributed by atoms with Crippen molar-refractivity contribution in [2.24, 2.45) is 14.1 Å². The predicted molar refractivity (Wildman–Crippen MR) is 193 cm³/mol. The molecule has 3 aromatic carbocycles. The molecule has 4 aromatic rings. The van der Waals surface area contributed by atoms with E-state index in [2.05, 4.69) is 10.6 Å².